The number of anilines is 1. The average Bonchev–Trinajstić information content (AvgIpc) is 2.85. The molecule has 0 spiro atoms. The Labute approximate surface area is 193 Å². The molecule has 170 valence electrons. The van der Waals surface area contributed by atoms with Crippen molar-refractivity contribution >= 4 is 22.5 Å². The van der Waals surface area contributed by atoms with E-state index in [-0.39, 0.29) is 18.7 Å². The molecule has 0 fully saturated rings. The van der Waals surface area contributed by atoms with Crippen LogP contribution >= 0.6 is 0 Å². The highest BCUT2D eigenvalue weighted by molar-refractivity contribution is 5.95. The van der Waals surface area contributed by atoms with Crippen LogP contribution in [-0.4, -0.2) is 22.5 Å². The summed E-state index contributed by atoms with van der Waals surface area (Å²) in [6.45, 7) is 0.134. The number of nitrogens with zero attached hydrogens (tertiary/aromatic N) is 3. The Balaban J connectivity index is 1.54. The lowest BCUT2D eigenvalue weighted by Gasteiger charge is -2.11. The lowest BCUT2D eigenvalue weighted by molar-refractivity contribution is 0.0949. The zero-order valence-electron chi connectivity index (χ0n) is 18.1. The molecule has 7 nitrogen and oxygen atoms in total. The molecule has 9 heteroatoms. The third-order valence-corrected chi connectivity index (χ3v) is 5.36. The number of halogens is 2. The number of fused-ring (bicyclic) bond motifs is 1. The third kappa shape index (κ3) is 4.47. The van der Waals surface area contributed by atoms with Crippen molar-refractivity contribution in [2.45, 2.75) is 13.1 Å². The van der Waals surface area contributed by atoms with Crippen LogP contribution in [0.3, 0.4) is 0 Å². The lowest BCUT2D eigenvalue weighted by Crippen LogP contribution is -2.32. The van der Waals surface area contributed by atoms with Crippen LogP contribution in [0.4, 0.5) is 14.5 Å². The van der Waals surface area contributed by atoms with E-state index in [2.05, 4.69) is 21.7 Å². The van der Waals surface area contributed by atoms with Gasteiger partial charge in [0.15, 0.2) is 11.6 Å². The highest BCUT2D eigenvalue weighted by Crippen LogP contribution is 2.26. The molecule has 2 aromatic carbocycles. The summed E-state index contributed by atoms with van der Waals surface area (Å²) < 4.78 is 27.9. The molecule has 1 amide bonds. The number of aromatic nitrogens is 2. The van der Waals surface area contributed by atoms with Crippen LogP contribution in [0, 0.1) is 23.0 Å². The minimum Gasteiger partial charge on any atom is -0.386 e. The Hall–Kier alpha value is -4.58. The standard InChI is InChI=1S/C25H19F2N5O2/c1-29-23-17(11-28)13-30-22-7-5-15(9-19(22)23)12-31-24(33)18-3-2-8-32(25(18)34)14-16-4-6-20(26)21(27)10-16/h2-10,13H,12,14H2,1H3,(H,29,30)(H,31,33). The molecule has 4 aromatic rings. The second-order valence-electron chi connectivity index (χ2n) is 7.55. The van der Waals surface area contributed by atoms with Gasteiger partial charge < -0.3 is 15.2 Å². The van der Waals surface area contributed by atoms with Crippen LogP contribution in [0.25, 0.3) is 10.9 Å². The van der Waals surface area contributed by atoms with Crippen molar-refractivity contribution < 1.29 is 13.6 Å². The fraction of sp³-hybridized carbons (Fsp3) is 0.120. The molecule has 0 aliphatic heterocycles. The molecule has 34 heavy (non-hydrogen) atoms. The van der Waals surface area contributed by atoms with Crippen molar-refractivity contribution in [3.8, 4) is 6.07 Å². The number of carbonyl (C=O) groups excluding carboxylic acids is 1. The number of amides is 1. The van der Waals surface area contributed by atoms with Gasteiger partial charge in [0.2, 0.25) is 0 Å². The Bertz CT molecular complexity index is 1510. The summed E-state index contributed by atoms with van der Waals surface area (Å²) in [5.74, 6) is -2.55. The first kappa shape index (κ1) is 22.6. The van der Waals surface area contributed by atoms with Gasteiger partial charge in [-0.25, -0.2) is 8.78 Å². The van der Waals surface area contributed by atoms with Crippen molar-refractivity contribution in [3.05, 3.63) is 105 Å². The molecule has 0 atom stereocenters. The van der Waals surface area contributed by atoms with E-state index in [1.807, 2.05) is 6.07 Å². The van der Waals surface area contributed by atoms with Crippen LogP contribution in [0.15, 0.2) is 65.7 Å². The fourth-order valence-electron chi connectivity index (χ4n) is 3.65. The maximum atomic E-state index is 13.5. The van der Waals surface area contributed by atoms with Gasteiger partial charge in [0.25, 0.3) is 11.5 Å². The largest absolute Gasteiger partial charge is 0.386 e. The summed E-state index contributed by atoms with van der Waals surface area (Å²) in [7, 11) is 1.71. The van der Waals surface area contributed by atoms with Crippen molar-refractivity contribution in [3.63, 3.8) is 0 Å². The van der Waals surface area contributed by atoms with E-state index in [1.54, 1.807) is 25.2 Å². The zero-order valence-corrected chi connectivity index (χ0v) is 18.1. The summed E-state index contributed by atoms with van der Waals surface area (Å²) in [6, 6.07) is 13.8. The molecule has 0 aliphatic carbocycles. The maximum Gasteiger partial charge on any atom is 0.263 e. The summed E-state index contributed by atoms with van der Waals surface area (Å²) in [5.41, 5.74) is 2.26. The van der Waals surface area contributed by atoms with E-state index in [1.165, 1.54) is 29.1 Å². The Kier molecular flexibility index (Phi) is 6.32. The summed E-state index contributed by atoms with van der Waals surface area (Å²) >= 11 is 0. The number of hydrogen-bond donors (Lipinski definition) is 2. The first-order chi connectivity index (χ1) is 16.4. The molecular formula is C25H19F2N5O2. The van der Waals surface area contributed by atoms with E-state index in [4.69, 9.17) is 0 Å². The first-order valence-corrected chi connectivity index (χ1v) is 10.3. The Morgan fingerprint density at radius 2 is 1.91 bits per heavy atom. The van der Waals surface area contributed by atoms with Gasteiger partial charge in [-0.15, -0.1) is 0 Å². The summed E-state index contributed by atoms with van der Waals surface area (Å²) in [5, 5.41) is 15.8. The lowest BCUT2D eigenvalue weighted by atomic mass is 10.1. The number of nitrogens with one attached hydrogen (secondary N) is 2. The molecule has 0 bridgehead atoms. The van der Waals surface area contributed by atoms with E-state index < -0.39 is 23.1 Å². The number of rotatable bonds is 6. The number of benzene rings is 2. The van der Waals surface area contributed by atoms with E-state index >= 15 is 0 Å². The van der Waals surface area contributed by atoms with Gasteiger partial charge in [-0.2, -0.15) is 5.26 Å². The van der Waals surface area contributed by atoms with E-state index in [0.29, 0.717) is 22.3 Å². The SMILES string of the molecule is CNc1c(C#N)cnc2ccc(CNC(=O)c3cccn(Cc4ccc(F)c(F)c4)c3=O)cc12. The molecular weight excluding hydrogens is 440 g/mol. The van der Waals surface area contributed by atoms with Gasteiger partial charge in [0, 0.05) is 31.4 Å². The highest BCUT2D eigenvalue weighted by Gasteiger charge is 2.14. The summed E-state index contributed by atoms with van der Waals surface area (Å²) in [4.78, 5) is 29.8. The number of pyridine rings is 2. The highest BCUT2D eigenvalue weighted by atomic mass is 19.2. The van der Waals surface area contributed by atoms with Crippen molar-refractivity contribution in [1.29, 1.82) is 5.26 Å². The second-order valence-corrected chi connectivity index (χ2v) is 7.55. The monoisotopic (exact) mass is 459 g/mol. The normalized spacial score (nSPS) is 10.6. The molecule has 2 heterocycles. The van der Waals surface area contributed by atoms with Crippen molar-refractivity contribution in [2.75, 3.05) is 12.4 Å². The second kappa shape index (κ2) is 9.50. The van der Waals surface area contributed by atoms with Gasteiger partial charge in [-0.1, -0.05) is 12.1 Å². The van der Waals surface area contributed by atoms with Crippen LogP contribution in [-0.2, 0) is 13.1 Å². The minimum absolute atomic E-state index is 0.0111. The van der Waals surface area contributed by atoms with Crippen LogP contribution in [0.1, 0.15) is 27.0 Å². The molecule has 0 saturated heterocycles. The van der Waals surface area contributed by atoms with Crippen LogP contribution in [0.5, 0.6) is 0 Å². The quantitative estimate of drug-likeness (QED) is 0.459. The molecule has 2 N–H and O–H groups in total. The predicted octanol–water partition coefficient (Wildman–Crippen LogP) is 3.57. The fourth-order valence-corrected chi connectivity index (χ4v) is 3.65. The smallest absolute Gasteiger partial charge is 0.263 e. The van der Waals surface area contributed by atoms with Gasteiger partial charge in [0.1, 0.15) is 11.6 Å². The number of nitriles is 1. The van der Waals surface area contributed by atoms with Gasteiger partial charge in [-0.3, -0.25) is 14.6 Å². The Morgan fingerprint density at radius 3 is 2.65 bits per heavy atom. The van der Waals surface area contributed by atoms with Crippen LogP contribution < -0.4 is 16.2 Å². The molecule has 0 unspecified atom stereocenters. The van der Waals surface area contributed by atoms with E-state index in [9.17, 15) is 23.6 Å². The van der Waals surface area contributed by atoms with Crippen molar-refractivity contribution in [1.82, 2.24) is 14.9 Å². The molecule has 4 rings (SSSR count). The molecule has 0 radical (unpaired) electrons. The molecule has 0 aliphatic rings. The zero-order chi connectivity index (χ0) is 24.2. The molecule has 0 saturated carbocycles. The number of hydrogen-bond acceptors (Lipinski definition) is 5. The van der Waals surface area contributed by atoms with E-state index in [0.717, 1.165) is 23.1 Å². The number of carbonyl (C=O) groups is 1. The van der Waals surface area contributed by atoms with Gasteiger partial charge in [-0.05, 0) is 47.5 Å². The predicted molar refractivity (Wildman–Crippen MR) is 123 cm³/mol. The minimum atomic E-state index is -1.01. The summed E-state index contributed by atoms with van der Waals surface area (Å²) in [6.07, 6.45) is 2.97. The Morgan fingerprint density at radius 1 is 1.12 bits per heavy atom. The maximum absolute atomic E-state index is 13.5. The first-order valence-electron chi connectivity index (χ1n) is 10.3. The van der Waals surface area contributed by atoms with Gasteiger partial charge >= 0.3 is 0 Å². The van der Waals surface area contributed by atoms with Crippen LogP contribution in [0.2, 0.25) is 0 Å². The van der Waals surface area contributed by atoms with Gasteiger partial charge in [0.05, 0.1) is 23.3 Å². The van der Waals surface area contributed by atoms with Crippen molar-refractivity contribution in [2.24, 2.45) is 0 Å². The third-order valence-electron chi connectivity index (χ3n) is 5.36. The molecule has 2 aromatic heterocycles. The topological polar surface area (TPSA) is 99.8 Å². The average molecular weight is 459 g/mol.